The molecular weight excluding hydrogens is 321 g/mol. The van der Waals surface area contributed by atoms with Crippen molar-refractivity contribution in [2.24, 2.45) is 5.92 Å². The number of para-hydroxylation sites is 1. The Bertz CT molecular complexity index is 679. The summed E-state index contributed by atoms with van der Waals surface area (Å²) in [5.74, 6) is -3.32. The van der Waals surface area contributed by atoms with Crippen molar-refractivity contribution in [3.05, 3.63) is 30.1 Å². The van der Waals surface area contributed by atoms with Gasteiger partial charge >= 0.3 is 12.0 Å². The molecule has 2 rings (SSSR count). The van der Waals surface area contributed by atoms with Crippen LogP contribution in [0.25, 0.3) is 0 Å². The first-order valence-corrected chi connectivity index (χ1v) is 7.15. The highest BCUT2D eigenvalue weighted by atomic mass is 19.1. The highest BCUT2D eigenvalue weighted by Gasteiger charge is 2.37. The van der Waals surface area contributed by atoms with E-state index in [9.17, 15) is 23.6 Å². The number of nitrogens with zero attached hydrogens (tertiary/aromatic N) is 1. The van der Waals surface area contributed by atoms with Crippen molar-refractivity contribution in [2.45, 2.75) is 6.42 Å². The van der Waals surface area contributed by atoms with E-state index < -0.39 is 42.2 Å². The molecule has 0 saturated carbocycles. The molecule has 1 fully saturated rings. The molecule has 2 N–H and O–H groups in total. The van der Waals surface area contributed by atoms with Gasteiger partial charge in [-0.2, -0.15) is 0 Å². The van der Waals surface area contributed by atoms with Crippen LogP contribution in [0.1, 0.15) is 6.42 Å². The van der Waals surface area contributed by atoms with Crippen LogP contribution in [0, 0.1) is 11.7 Å². The molecule has 24 heavy (non-hydrogen) atoms. The van der Waals surface area contributed by atoms with E-state index in [1.54, 1.807) is 6.07 Å². The van der Waals surface area contributed by atoms with Crippen LogP contribution in [0.2, 0.25) is 0 Å². The lowest BCUT2D eigenvalue weighted by atomic mass is 10.1. The summed E-state index contributed by atoms with van der Waals surface area (Å²) in [5.41, 5.74) is 0.0927. The number of amides is 4. The molecule has 0 aliphatic carbocycles. The molecule has 128 valence electrons. The third-order valence-electron chi connectivity index (χ3n) is 3.43. The highest BCUT2D eigenvalue weighted by Crippen LogP contribution is 2.27. The fourth-order valence-electron chi connectivity index (χ4n) is 2.25. The number of urea groups is 1. The summed E-state index contributed by atoms with van der Waals surface area (Å²) in [6.07, 6.45) is -0.135. The number of anilines is 1. The van der Waals surface area contributed by atoms with Gasteiger partial charge in [0.2, 0.25) is 5.91 Å². The number of halogens is 1. The van der Waals surface area contributed by atoms with E-state index in [1.807, 2.05) is 5.32 Å². The fourth-order valence-corrected chi connectivity index (χ4v) is 2.25. The van der Waals surface area contributed by atoms with Gasteiger partial charge in [-0.3, -0.25) is 19.7 Å². The molecule has 0 unspecified atom stereocenters. The third kappa shape index (κ3) is 4.06. The first-order valence-electron chi connectivity index (χ1n) is 7.15. The van der Waals surface area contributed by atoms with E-state index in [4.69, 9.17) is 4.74 Å². The topological polar surface area (TPSA) is 105 Å². The number of carbonyl (C=O) groups is 4. The number of carbonyl (C=O) groups excluding carboxylic acids is 4. The number of hydrogen-bond acceptors (Lipinski definition) is 5. The van der Waals surface area contributed by atoms with Crippen LogP contribution in [0.5, 0.6) is 0 Å². The van der Waals surface area contributed by atoms with Gasteiger partial charge in [0, 0.05) is 20.0 Å². The minimum atomic E-state index is -0.801. The molecule has 9 heteroatoms. The average Bonchev–Trinajstić information content (AvgIpc) is 2.94. The Labute approximate surface area is 136 Å². The van der Waals surface area contributed by atoms with Gasteiger partial charge in [0.1, 0.15) is 5.82 Å². The lowest BCUT2D eigenvalue weighted by Gasteiger charge is -2.17. The Hall–Kier alpha value is -2.97. The molecule has 1 aromatic carbocycles. The Morgan fingerprint density at radius 2 is 2.04 bits per heavy atom. The van der Waals surface area contributed by atoms with Gasteiger partial charge in [0.25, 0.3) is 5.91 Å². The Morgan fingerprint density at radius 3 is 2.71 bits per heavy atom. The number of imide groups is 1. The minimum Gasteiger partial charge on any atom is -0.455 e. The zero-order valence-corrected chi connectivity index (χ0v) is 12.9. The number of esters is 1. The fraction of sp³-hybridized carbons (Fsp3) is 0.333. The summed E-state index contributed by atoms with van der Waals surface area (Å²) in [6, 6.07) is 5.02. The predicted octanol–water partition coefficient (Wildman–Crippen LogP) is 0.177. The summed E-state index contributed by atoms with van der Waals surface area (Å²) in [4.78, 5) is 47.4. The van der Waals surface area contributed by atoms with E-state index in [1.165, 1.54) is 30.1 Å². The number of ether oxygens (including phenoxy) is 1. The number of benzene rings is 1. The maximum Gasteiger partial charge on any atom is 0.321 e. The van der Waals surface area contributed by atoms with Crippen LogP contribution in [-0.4, -0.2) is 44.0 Å². The van der Waals surface area contributed by atoms with Crippen LogP contribution >= 0.6 is 0 Å². The minimum absolute atomic E-state index is 0.0321. The third-order valence-corrected chi connectivity index (χ3v) is 3.43. The van der Waals surface area contributed by atoms with Crippen molar-refractivity contribution in [3.63, 3.8) is 0 Å². The second kappa shape index (κ2) is 7.53. The molecule has 0 radical (unpaired) electrons. The lowest BCUT2D eigenvalue weighted by molar-refractivity contribution is -0.152. The van der Waals surface area contributed by atoms with E-state index in [2.05, 4.69) is 5.32 Å². The maximum atomic E-state index is 13.8. The van der Waals surface area contributed by atoms with Crippen LogP contribution in [-0.2, 0) is 19.1 Å². The van der Waals surface area contributed by atoms with Gasteiger partial charge in [0.15, 0.2) is 6.61 Å². The monoisotopic (exact) mass is 337 g/mol. The van der Waals surface area contributed by atoms with Gasteiger partial charge in [-0.1, -0.05) is 12.1 Å². The molecular formula is C15H16FN3O5. The molecule has 1 heterocycles. The molecule has 0 aromatic heterocycles. The van der Waals surface area contributed by atoms with Gasteiger partial charge in [-0.15, -0.1) is 0 Å². The number of rotatable bonds is 4. The molecule has 4 amide bonds. The summed E-state index contributed by atoms with van der Waals surface area (Å²) in [6.45, 7) is -0.674. The zero-order chi connectivity index (χ0) is 17.7. The van der Waals surface area contributed by atoms with Crippen LogP contribution in [0.15, 0.2) is 24.3 Å². The molecule has 1 saturated heterocycles. The SMILES string of the molecule is CNC(=O)NC(=O)COC(=O)[C@@H]1CC(=O)N(c2ccccc2F)C1. The standard InChI is InChI=1S/C15H16FN3O5/c1-17-15(23)18-12(20)8-24-14(22)9-6-13(21)19(7-9)11-5-3-2-4-10(11)16/h2-5,9H,6-8H2,1H3,(H2,17,18,20,23)/t9-/m1/s1. The summed E-state index contributed by atoms with van der Waals surface area (Å²) in [5, 5.41) is 4.11. The first kappa shape index (κ1) is 17.4. The second-order valence-electron chi connectivity index (χ2n) is 5.09. The van der Waals surface area contributed by atoms with Crippen molar-refractivity contribution >= 4 is 29.5 Å². The molecule has 0 spiro atoms. The molecule has 1 aromatic rings. The number of nitrogens with one attached hydrogen (secondary N) is 2. The second-order valence-corrected chi connectivity index (χ2v) is 5.09. The average molecular weight is 337 g/mol. The van der Waals surface area contributed by atoms with E-state index >= 15 is 0 Å². The summed E-state index contributed by atoms with van der Waals surface area (Å²) < 4.78 is 18.5. The lowest BCUT2D eigenvalue weighted by Crippen LogP contribution is -2.40. The maximum absolute atomic E-state index is 13.8. The van der Waals surface area contributed by atoms with E-state index in [0.29, 0.717) is 0 Å². The zero-order valence-electron chi connectivity index (χ0n) is 12.9. The van der Waals surface area contributed by atoms with Crippen LogP contribution in [0.4, 0.5) is 14.9 Å². The van der Waals surface area contributed by atoms with Gasteiger partial charge in [-0.25, -0.2) is 9.18 Å². The van der Waals surface area contributed by atoms with Crippen molar-refractivity contribution in [2.75, 3.05) is 25.1 Å². The largest absolute Gasteiger partial charge is 0.455 e. The summed E-state index contributed by atoms with van der Waals surface area (Å²) >= 11 is 0. The Kier molecular flexibility index (Phi) is 5.46. The smallest absolute Gasteiger partial charge is 0.321 e. The molecule has 1 atom stereocenters. The first-order chi connectivity index (χ1) is 11.4. The van der Waals surface area contributed by atoms with Gasteiger partial charge in [-0.05, 0) is 12.1 Å². The van der Waals surface area contributed by atoms with Crippen LogP contribution < -0.4 is 15.5 Å². The highest BCUT2D eigenvalue weighted by molar-refractivity contribution is 6.00. The molecule has 1 aliphatic rings. The van der Waals surface area contributed by atoms with Crippen molar-refractivity contribution < 1.29 is 28.3 Å². The Morgan fingerprint density at radius 1 is 1.33 bits per heavy atom. The van der Waals surface area contributed by atoms with E-state index in [-0.39, 0.29) is 18.7 Å². The predicted molar refractivity (Wildman–Crippen MR) is 80.4 cm³/mol. The Balaban J connectivity index is 1.91. The summed E-state index contributed by atoms with van der Waals surface area (Å²) in [7, 11) is 1.33. The van der Waals surface area contributed by atoms with Gasteiger partial charge in [0.05, 0.1) is 11.6 Å². The molecule has 8 nitrogen and oxygen atoms in total. The van der Waals surface area contributed by atoms with Crippen molar-refractivity contribution in [1.29, 1.82) is 0 Å². The number of hydrogen-bond donors (Lipinski definition) is 2. The van der Waals surface area contributed by atoms with Crippen LogP contribution in [0.3, 0.4) is 0 Å². The van der Waals surface area contributed by atoms with Crippen molar-refractivity contribution in [3.8, 4) is 0 Å². The normalized spacial score (nSPS) is 16.7. The quantitative estimate of drug-likeness (QED) is 0.763. The molecule has 0 bridgehead atoms. The van der Waals surface area contributed by atoms with E-state index in [0.717, 1.165) is 0 Å². The van der Waals surface area contributed by atoms with Gasteiger partial charge < -0.3 is 15.0 Å². The molecule has 1 aliphatic heterocycles. The van der Waals surface area contributed by atoms with Crippen molar-refractivity contribution in [1.82, 2.24) is 10.6 Å².